The van der Waals surface area contributed by atoms with E-state index in [2.05, 4.69) is 25.3 Å². The first-order valence-electron chi connectivity index (χ1n) is 9.10. The van der Waals surface area contributed by atoms with E-state index in [1.165, 1.54) is 19.3 Å². The number of aromatic hydroxyl groups is 1. The molecule has 0 spiro atoms. The Morgan fingerprint density at radius 3 is 3.08 bits per heavy atom. The Bertz CT molecular complexity index is 903. The number of rotatable bonds is 4. The summed E-state index contributed by atoms with van der Waals surface area (Å²) in [6.45, 7) is 0.197. The minimum absolute atomic E-state index is 0.0468. The quantitative estimate of drug-likeness (QED) is 0.677. The van der Waals surface area contributed by atoms with E-state index in [1.54, 1.807) is 12.4 Å². The normalized spacial score (nSPS) is 30.3. The van der Waals surface area contributed by atoms with Crippen LogP contribution in [-0.4, -0.2) is 44.0 Å². The molecule has 4 N–H and O–H groups in total. The predicted molar refractivity (Wildman–Crippen MR) is 99.3 cm³/mol. The number of nitrogens with zero attached hydrogens (tertiary/aromatic N) is 3. The summed E-state index contributed by atoms with van der Waals surface area (Å²) >= 11 is 0. The minimum Gasteiger partial charge on any atom is -0.492 e. The molecule has 2 saturated carbocycles. The summed E-state index contributed by atoms with van der Waals surface area (Å²) < 4.78 is 0. The Kier molecular flexibility index (Phi) is 3.56. The van der Waals surface area contributed by atoms with E-state index in [4.69, 9.17) is 0 Å². The van der Waals surface area contributed by atoms with Crippen molar-refractivity contribution in [2.24, 2.45) is 22.7 Å². The second-order valence-corrected chi connectivity index (χ2v) is 7.40. The van der Waals surface area contributed by atoms with Gasteiger partial charge in [0.25, 0.3) is 0 Å². The second-order valence-electron chi connectivity index (χ2n) is 7.40. The summed E-state index contributed by atoms with van der Waals surface area (Å²) in [6, 6.07) is 4.03. The van der Waals surface area contributed by atoms with Crippen LogP contribution in [0.2, 0.25) is 0 Å². The predicted octanol–water partition coefficient (Wildman–Crippen LogP) is 2.59. The molecular weight excluding hydrogens is 330 g/mol. The zero-order valence-electron chi connectivity index (χ0n) is 14.3. The van der Waals surface area contributed by atoms with Gasteiger partial charge in [-0.25, -0.2) is 9.98 Å². The number of aliphatic hydroxyl groups is 1. The van der Waals surface area contributed by atoms with Crippen molar-refractivity contribution in [3.8, 4) is 5.88 Å². The fourth-order valence-electron chi connectivity index (χ4n) is 4.80. The van der Waals surface area contributed by atoms with Gasteiger partial charge in [-0.2, -0.15) is 4.98 Å². The highest BCUT2D eigenvalue weighted by Gasteiger charge is 2.47. The molecule has 134 valence electrons. The number of imidazole rings is 1. The monoisotopic (exact) mass is 351 g/mol. The van der Waals surface area contributed by atoms with Crippen molar-refractivity contribution in [1.82, 2.24) is 15.0 Å². The zero-order valence-corrected chi connectivity index (χ0v) is 14.3. The van der Waals surface area contributed by atoms with Crippen molar-refractivity contribution in [1.29, 1.82) is 0 Å². The van der Waals surface area contributed by atoms with Gasteiger partial charge in [-0.3, -0.25) is 0 Å². The maximum atomic E-state index is 10.2. The number of anilines is 1. The van der Waals surface area contributed by atoms with E-state index >= 15 is 0 Å². The molecule has 0 unspecified atom stereocenters. The number of H-pyrrole nitrogens is 1. The van der Waals surface area contributed by atoms with E-state index in [0.717, 1.165) is 11.1 Å². The summed E-state index contributed by atoms with van der Waals surface area (Å²) in [5.41, 5.74) is 2.35. The fourth-order valence-corrected chi connectivity index (χ4v) is 4.80. The summed E-state index contributed by atoms with van der Waals surface area (Å²) in [4.78, 5) is 15.9. The minimum atomic E-state index is -0.0468. The highest BCUT2D eigenvalue weighted by atomic mass is 16.3. The van der Waals surface area contributed by atoms with Gasteiger partial charge in [0.15, 0.2) is 5.82 Å². The number of hydrogen-bond acceptors (Lipinski definition) is 6. The molecule has 4 atom stereocenters. The van der Waals surface area contributed by atoms with Gasteiger partial charge in [0.1, 0.15) is 5.69 Å². The van der Waals surface area contributed by atoms with E-state index < -0.39 is 0 Å². The van der Waals surface area contributed by atoms with Crippen molar-refractivity contribution < 1.29 is 10.2 Å². The lowest BCUT2D eigenvalue weighted by Gasteiger charge is -2.30. The van der Waals surface area contributed by atoms with Crippen LogP contribution in [0.3, 0.4) is 0 Å². The molecule has 7 heteroatoms. The lowest BCUT2D eigenvalue weighted by molar-refractivity contribution is 0.166. The number of hydrogen-bond donors (Lipinski definition) is 4. The Balaban J connectivity index is 1.39. The van der Waals surface area contributed by atoms with Crippen LogP contribution in [0.5, 0.6) is 5.88 Å². The fraction of sp³-hybridized carbons (Fsp3) is 0.421. The Morgan fingerprint density at radius 1 is 1.31 bits per heavy atom. The molecule has 5 rings (SSSR count). The SMILES string of the molecule is OC[C@H]1[C@@H]2CC[C@@H](C2)[C@@H]1Nc1nc(O)c(C=C2C=Nc3ncccc32)[nH]1. The van der Waals surface area contributed by atoms with Crippen LogP contribution in [0.25, 0.3) is 11.6 Å². The van der Waals surface area contributed by atoms with Crippen LogP contribution < -0.4 is 5.32 Å². The molecule has 3 heterocycles. The number of fused-ring (bicyclic) bond motifs is 3. The molecule has 26 heavy (non-hydrogen) atoms. The molecule has 7 nitrogen and oxygen atoms in total. The van der Waals surface area contributed by atoms with Crippen LogP contribution in [0.15, 0.2) is 23.3 Å². The standard InChI is InChI=1S/C19H21N5O2/c25-9-14-10-3-4-11(6-10)16(14)23-19-22-15(18(26)24-19)7-12-8-21-17-13(12)2-1-5-20-17/h1-2,5,7-8,10-11,14,16,25-26H,3-4,6,9H2,(H2,22,23,24)/t10-,11+,14+,16+/m1/s1. The highest BCUT2D eigenvalue weighted by Crippen LogP contribution is 2.49. The smallest absolute Gasteiger partial charge is 0.238 e. The third-order valence-corrected chi connectivity index (χ3v) is 6.04. The van der Waals surface area contributed by atoms with Gasteiger partial charge in [-0.05, 0) is 49.3 Å². The average Bonchev–Trinajstić information content (AvgIpc) is 3.41. The Labute approximate surface area is 150 Å². The lowest BCUT2D eigenvalue weighted by Crippen LogP contribution is -2.37. The third-order valence-electron chi connectivity index (χ3n) is 6.04. The number of allylic oxidation sites excluding steroid dienone is 1. The molecule has 2 aromatic rings. The molecule has 0 radical (unpaired) electrons. The van der Waals surface area contributed by atoms with E-state index in [-0.39, 0.29) is 24.4 Å². The number of aromatic nitrogens is 3. The largest absolute Gasteiger partial charge is 0.492 e. The van der Waals surface area contributed by atoms with Crippen molar-refractivity contribution in [3.05, 3.63) is 29.6 Å². The van der Waals surface area contributed by atoms with Gasteiger partial charge in [-0.1, -0.05) is 0 Å². The summed E-state index contributed by atoms with van der Waals surface area (Å²) in [5.74, 6) is 2.63. The Hall–Kier alpha value is -2.67. The van der Waals surface area contributed by atoms with E-state index in [1.807, 2.05) is 18.2 Å². The maximum absolute atomic E-state index is 10.2. The van der Waals surface area contributed by atoms with Crippen molar-refractivity contribution >= 4 is 29.6 Å². The van der Waals surface area contributed by atoms with Gasteiger partial charge in [0, 0.05) is 42.1 Å². The van der Waals surface area contributed by atoms with Gasteiger partial charge >= 0.3 is 0 Å². The maximum Gasteiger partial charge on any atom is 0.238 e. The number of aliphatic hydroxyl groups excluding tert-OH is 1. The van der Waals surface area contributed by atoms with Crippen LogP contribution in [-0.2, 0) is 0 Å². The van der Waals surface area contributed by atoms with Crippen molar-refractivity contribution in [3.63, 3.8) is 0 Å². The highest BCUT2D eigenvalue weighted by molar-refractivity contribution is 6.20. The number of nitrogens with one attached hydrogen (secondary N) is 2. The molecule has 1 aliphatic heterocycles. The molecule has 0 amide bonds. The number of aliphatic imine (C=N–C) groups is 1. The van der Waals surface area contributed by atoms with Crippen LogP contribution >= 0.6 is 0 Å². The molecular formula is C19H21N5O2. The van der Waals surface area contributed by atoms with Crippen LogP contribution in [0.4, 0.5) is 11.8 Å². The van der Waals surface area contributed by atoms with Gasteiger partial charge in [0.2, 0.25) is 11.8 Å². The molecule has 3 aliphatic rings. The van der Waals surface area contributed by atoms with E-state index in [9.17, 15) is 10.2 Å². The third kappa shape index (κ3) is 2.42. The van der Waals surface area contributed by atoms with E-state index in [0.29, 0.717) is 29.3 Å². The lowest BCUT2D eigenvalue weighted by atomic mass is 9.85. The zero-order chi connectivity index (χ0) is 17.7. The van der Waals surface area contributed by atoms with Gasteiger partial charge < -0.3 is 20.5 Å². The van der Waals surface area contributed by atoms with Gasteiger partial charge in [0.05, 0.1) is 0 Å². The first-order chi connectivity index (χ1) is 12.7. The van der Waals surface area contributed by atoms with Crippen LogP contribution in [0.1, 0.15) is 30.5 Å². The average molecular weight is 351 g/mol. The molecule has 0 saturated heterocycles. The number of aromatic amines is 1. The number of pyridine rings is 1. The molecule has 2 aliphatic carbocycles. The molecule has 2 fully saturated rings. The summed E-state index contributed by atoms with van der Waals surface area (Å²) in [7, 11) is 0. The first kappa shape index (κ1) is 15.6. The topological polar surface area (TPSA) is 106 Å². The van der Waals surface area contributed by atoms with Crippen molar-refractivity contribution in [2.75, 3.05) is 11.9 Å². The molecule has 0 aromatic carbocycles. The molecule has 2 aromatic heterocycles. The Morgan fingerprint density at radius 2 is 2.19 bits per heavy atom. The second kappa shape index (κ2) is 5.95. The summed E-state index contributed by atoms with van der Waals surface area (Å²) in [6.07, 6.45) is 8.86. The summed E-state index contributed by atoms with van der Waals surface area (Å²) in [5, 5.41) is 23.4. The first-order valence-corrected chi connectivity index (χ1v) is 9.10. The van der Waals surface area contributed by atoms with Gasteiger partial charge in [-0.15, -0.1) is 0 Å². The van der Waals surface area contributed by atoms with Crippen molar-refractivity contribution in [2.45, 2.75) is 25.3 Å². The van der Waals surface area contributed by atoms with Crippen LogP contribution in [0, 0.1) is 17.8 Å². The molecule has 2 bridgehead atoms.